The predicted octanol–water partition coefficient (Wildman–Crippen LogP) is 2.87. The van der Waals surface area contributed by atoms with Gasteiger partial charge in [-0.05, 0) is 18.1 Å². The van der Waals surface area contributed by atoms with Crippen LogP contribution in [0.3, 0.4) is 0 Å². The number of benzene rings is 2. The third-order valence-electron chi connectivity index (χ3n) is 4.63. The average molecular weight is 353 g/mol. The number of hydrogen-bond donors (Lipinski definition) is 2. The lowest BCUT2D eigenvalue weighted by atomic mass is 10.0. The topological polar surface area (TPSA) is 53.6 Å². The second kappa shape index (κ2) is 9.36. The van der Waals surface area contributed by atoms with Crippen molar-refractivity contribution in [3.63, 3.8) is 0 Å². The van der Waals surface area contributed by atoms with E-state index >= 15 is 0 Å². The molecule has 0 aliphatic carbocycles. The van der Waals surface area contributed by atoms with E-state index in [1.165, 1.54) is 5.56 Å². The largest absolute Gasteiger partial charge is 0.379 e. The molecule has 5 nitrogen and oxygen atoms in total. The van der Waals surface area contributed by atoms with Crippen LogP contribution in [0.15, 0.2) is 54.6 Å². The van der Waals surface area contributed by atoms with Crippen LogP contribution in [-0.4, -0.2) is 43.8 Å². The Morgan fingerprint density at radius 1 is 1.08 bits per heavy atom. The van der Waals surface area contributed by atoms with Gasteiger partial charge in [0.15, 0.2) is 0 Å². The second-order valence-electron chi connectivity index (χ2n) is 6.69. The van der Waals surface area contributed by atoms with Crippen molar-refractivity contribution in [3.8, 4) is 0 Å². The fraction of sp³-hybridized carbons (Fsp3) is 0.381. The Morgan fingerprint density at radius 2 is 1.77 bits per heavy atom. The number of aryl methyl sites for hydroxylation is 1. The SMILES string of the molecule is Cc1ccc([C@@H](CN2CCOCC2)NC(=O)NCc2ccccc2)cc1. The molecule has 2 aromatic carbocycles. The number of urea groups is 1. The maximum absolute atomic E-state index is 12.4. The number of carbonyl (C=O) groups excluding carboxylic acids is 1. The number of ether oxygens (including phenoxy) is 1. The summed E-state index contributed by atoms with van der Waals surface area (Å²) < 4.78 is 5.43. The van der Waals surface area contributed by atoms with Crippen molar-refractivity contribution in [2.45, 2.75) is 19.5 Å². The Morgan fingerprint density at radius 3 is 2.46 bits per heavy atom. The van der Waals surface area contributed by atoms with Crippen LogP contribution in [0.4, 0.5) is 4.79 Å². The highest BCUT2D eigenvalue weighted by Gasteiger charge is 2.20. The molecule has 2 N–H and O–H groups in total. The van der Waals surface area contributed by atoms with Crippen molar-refractivity contribution in [2.75, 3.05) is 32.8 Å². The maximum Gasteiger partial charge on any atom is 0.315 e. The van der Waals surface area contributed by atoms with Gasteiger partial charge in [0.1, 0.15) is 0 Å². The zero-order valence-corrected chi connectivity index (χ0v) is 15.3. The second-order valence-corrected chi connectivity index (χ2v) is 6.69. The van der Waals surface area contributed by atoms with Gasteiger partial charge in [0, 0.05) is 26.2 Å². The number of morpholine rings is 1. The molecule has 1 heterocycles. The first-order valence-electron chi connectivity index (χ1n) is 9.15. The zero-order chi connectivity index (χ0) is 18.2. The number of hydrogen-bond acceptors (Lipinski definition) is 3. The van der Waals surface area contributed by atoms with Crippen molar-refractivity contribution in [1.29, 1.82) is 0 Å². The Labute approximate surface area is 155 Å². The van der Waals surface area contributed by atoms with Gasteiger partial charge in [0.05, 0.1) is 19.3 Å². The first kappa shape index (κ1) is 18.4. The van der Waals surface area contributed by atoms with Crippen LogP contribution in [0.1, 0.15) is 22.7 Å². The van der Waals surface area contributed by atoms with E-state index in [1.54, 1.807) is 0 Å². The van der Waals surface area contributed by atoms with Gasteiger partial charge in [-0.2, -0.15) is 0 Å². The number of nitrogens with zero attached hydrogens (tertiary/aromatic N) is 1. The van der Waals surface area contributed by atoms with Crippen LogP contribution in [-0.2, 0) is 11.3 Å². The van der Waals surface area contributed by atoms with E-state index in [1.807, 2.05) is 30.3 Å². The summed E-state index contributed by atoms with van der Waals surface area (Å²) in [5, 5.41) is 6.09. The minimum absolute atomic E-state index is 0.0514. The summed E-state index contributed by atoms with van der Waals surface area (Å²) in [6, 6.07) is 18.1. The summed E-state index contributed by atoms with van der Waals surface area (Å²) in [7, 11) is 0. The van der Waals surface area contributed by atoms with Gasteiger partial charge in [-0.1, -0.05) is 60.2 Å². The lowest BCUT2D eigenvalue weighted by molar-refractivity contribution is 0.0340. The summed E-state index contributed by atoms with van der Waals surface area (Å²) in [6.07, 6.45) is 0. The van der Waals surface area contributed by atoms with Gasteiger partial charge < -0.3 is 15.4 Å². The van der Waals surface area contributed by atoms with E-state index in [0.717, 1.165) is 44.0 Å². The van der Waals surface area contributed by atoms with Gasteiger partial charge in [-0.3, -0.25) is 4.90 Å². The molecule has 1 saturated heterocycles. The highest BCUT2D eigenvalue weighted by Crippen LogP contribution is 2.16. The first-order valence-corrected chi connectivity index (χ1v) is 9.15. The maximum atomic E-state index is 12.4. The molecule has 26 heavy (non-hydrogen) atoms. The highest BCUT2D eigenvalue weighted by atomic mass is 16.5. The van der Waals surface area contributed by atoms with Crippen LogP contribution in [0.5, 0.6) is 0 Å². The fourth-order valence-corrected chi connectivity index (χ4v) is 3.06. The molecule has 3 rings (SSSR count). The molecular formula is C21H27N3O2. The van der Waals surface area contributed by atoms with Crippen molar-refractivity contribution >= 4 is 6.03 Å². The molecular weight excluding hydrogens is 326 g/mol. The molecule has 1 fully saturated rings. The minimum atomic E-state index is -0.146. The van der Waals surface area contributed by atoms with E-state index < -0.39 is 0 Å². The molecule has 0 aromatic heterocycles. The lowest BCUT2D eigenvalue weighted by Gasteiger charge is -2.31. The third kappa shape index (κ3) is 5.58. The fourth-order valence-electron chi connectivity index (χ4n) is 3.06. The van der Waals surface area contributed by atoms with E-state index in [4.69, 9.17) is 4.74 Å². The molecule has 0 bridgehead atoms. The molecule has 0 spiro atoms. The predicted molar refractivity (Wildman–Crippen MR) is 103 cm³/mol. The van der Waals surface area contributed by atoms with Gasteiger partial charge in [-0.25, -0.2) is 4.79 Å². The van der Waals surface area contributed by atoms with Crippen molar-refractivity contribution < 1.29 is 9.53 Å². The summed E-state index contributed by atoms with van der Waals surface area (Å²) in [4.78, 5) is 14.8. The number of rotatable bonds is 6. The van der Waals surface area contributed by atoms with Crippen LogP contribution < -0.4 is 10.6 Å². The Kier molecular flexibility index (Phi) is 6.63. The number of nitrogens with one attached hydrogen (secondary N) is 2. The van der Waals surface area contributed by atoms with Crippen molar-refractivity contribution in [1.82, 2.24) is 15.5 Å². The molecule has 2 aromatic rings. The zero-order valence-electron chi connectivity index (χ0n) is 15.3. The molecule has 0 unspecified atom stereocenters. The number of amides is 2. The molecule has 138 valence electrons. The number of carbonyl (C=O) groups is 1. The summed E-state index contributed by atoms with van der Waals surface area (Å²) >= 11 is 0. The van der Waals surface area contributed by atoms with E-state index in [2.05, 4.69) is 46.7 Å². The quantitative estimate of drug-likeness (QED) is 0.840. The van der Waals surface area contributed by atoms with Gasteiger partial charge in [0.2, 0.25) is 0 Å². The highest BCUT2D eigenvalue weighted by molar-refractivity contribution is 5.74. The molecule has 2 amide bonds. The van der Waals surface area contributed by atoms with Gasteiger partial charge in [0.25, 0.3) is 0 Å². The average Bonchev–Trinajstić information content (AvgIpc) is 2.68. The Hall–Kier alpha value is -2.37. The van der Waals surface area contributed by atoms with Crippen LogP contribution in [0, 0.1) is 6.92 Å². The summed E-state index contributed by atoms with van der Waals surface area (Å²) in [6.45, 7) is 6.67. The lowest BCUT2D eigenvalue weighted by Crippen LogP contribution is -2.45. The molecule has 0 radical (unpaired) electrons. The summed E-state index contributed by atoms with van der Waals surface area (Å²) in [5.74, 6) is 0. The van der Waals surface area contributed by atoms with E-state index in [9.17, 15) is 4.79 Å². The molecule has 0 saturated carbocycles. The third-order valence-corrected chi connectivity index (χ3v) is 4.63. The van der Waals surface area contributed by atoms with Gasteiger partial charge >= 0.3 is 6.03 Å². The normalized spacial score (nSPS) is 16.0. The van der Waals surface area contributed by atoms with E-state index in [0.29, 0.717) is 6.54 Å². The van der Waals surface area contributed by atoms with E-state index in [-0.39, 0.29) is 12.1 Å². The molecule has 1 aliphatic rings. The van der Waals surface area contributed by atoms with Gasteiger partial charge in [-0.15, -0.1) is 0 Å². The standard InChI is InChI=1S/C21H27N3O2/c1-17-7-9-19(10-8-17)20(16-24-11-13-26-14-12-24)23-21(25)22-15-18-5-3-2-4-6-18/h2-10,20H,11-16H2,1H3,(H2,22,23,25)/t20-/m1/s1. The molecule has 1 aliphatic heterocycles. The smallest absolute Gasteiger partial charge is 0.315 e. The van der Waals surface area contributed by atoms with Crippen LogP contribution in [0.2, 0.25) is 0 Å². The first-order chi connectivity index (χ1) is 12.7. The molecule has 5 heteroatoms. The van der Waals surface area contributed by atoms with Crippen LogP contribution in [0.25, 0.3) is 0 Å². The van der Waals surface area contributed by atoms with Crippen molar-refractivity contribution in [3.05, 3.63) is 71.3 Å². The van der Waals surface area contributed by atoms with Crippen molar-refractivity contribution in [2.24, 2.45) is 0 Å². The minimum Gasteiger partial charge on any atom is -0.379 e. The Bertz CT molecular complexity index is 682. The Balaban J connectivity index is 1.62. The molecule has 1 atom stereocenters. The summed E-state index contributed by atoms with van der Waals surface area (Å²) in [5.41, 5.74) is 3.42. The van der Waals surface area contributed by atoms with Crippen LogP contribution >= 0.6 is 0 Å². The monoisotopic (exact) mass is 353 g/mol.